The van der Waals surface area contributed by atoms with Gasteiger partial charge in [0.05, 0.1) is 5.69 Å². The van der Waals surface area contributed by atoms with Crippen LogP contribution in [-0.2, 0) is 6.54 Å². The summed E-state index contributed by atoms with van der Waals surface area (Å²) in [6, 6.07) is 7.50. The Morgan fingerprint density at radius 1 is 1.45 bits per heavy atom. The smallest absolute Gasteiger partial charge is 0.226 e. The molecule has 4 nitrogen and oxygen atoms in total. The van der Waals surface area contributed by atoms with Crippen molar-refractivity contribution in [2.45, 2.75) is 26.3 Å². The number of hydrogen-bond donors (Lipinski definition) is 1. The molecule has 1 atom stereocenters. The molecule has 118 valence electrons. The SMILES string of the molecule is CC1(CO)CCCN(Cc2coc(-c3cccc(Cl)c3)n2)C1. The number of halogens is 1. The van der Waals surface area contributed by atoms with E-state index in [1.54, 1.807) is 6.26 Å². The van der Waals surface area contributed by atoms with Crippen LogP contribution in [0.5, 0.6) is 0 Å². The third-order valence-electron chi connectivity index (χ3n) is 4.25. The van der Waals surface area contributed by atoms with E-state index in [-0.39, 0.29) is 12.0 Å². The zero-order valence-electron chi connectivity index (χ0n) is 12.8. The van der Waals surface area contributed by atoms with Crippen LogP contribution in [0, 0.1) is 5.41 Å². The van der Waals surface area contributed by atoms with E-state index < -0.39 is 0 Å². The van der Waals surface area contributed by atoms with Crippen LogP contribution in [0.1, 0.15) is 25.5 Å². The zero-order valence-corrected chi connectivity index (χ0v) is 13.5. The van der Waals surface area contributed by atoms with E-state index in [0.29, 0.717) is 10.9 Å². The van der Waals surface area contributed by atoms with E-state index in [1.165, 1.54) is 0 Å². The van der Waals surface area contributed by atoms with Crippen LogP contribution in [-0.4, -0.2) is 34.7 Å². The topological polar surface area (TPSA) is 49.5 Å². The third kappa shape index (κ3) is 3.51. The van der Waals surface area contributed by atoms with Crippen molar-refractivity contribution in [2.24, 2.45) is 5.41 Å². The number of aromatic nitrogens is 1. The van der Waals surface area contributed by atoms with E-state index in [9.17, 15) is 5.11 Å². The maximum atomic E-state index is 9.54. The zero-order chi connectivity index (χ0) is 15.6. The fourth-order valence-electron chi connectivity index (χ4n) is 3.05. The average molecular weight is 321 g/mol. The molecule has 1 saturated heterocycles. The maximum Gasteiger partial charge on any atom is 0.226 e. The molecule has 0 spiro atoms. The molecular weight excluding hydrogens is 300 g/mol. The molecule has 0 radical (unpaired) electrons. The summed E-state index contributed by atoms with van der Waals surface area (Å²) in [4.78, 5) is 6.89. The minimum Gasteiger partial charge on any atom is -0.444 e. The second-order valence-corrected chi connectivity index (χ2v) is 6.87. The quantitative estimate of drug-likeness (QED) is 0.935. The van der Waals surface area contributed by atoms with Crippen LogP contribution < -0.4 is 0 Å². The number of likely N-dealkylation sites (tertiary alicyclic amines) is 1. The molecule has 1 aromatic heterocycles. The molecule has 3 rings (SSSR count). The van der Waals surface area contributed by atoms with Crippen LogP contribution in [0.3, 0.4) is 0 Å². The molecular formula is C17H21ClN2O2. The van der Waals surface area contributed by atoms with Crippen LogP contribution in [0.25, 0.3) is 11.5 Å². The Morgan fingerprint density at radius 3 is 3.09 bits per heavy atom. The van der Waals surface area contributed by atoms with Gasteiger partial charge in [0, 0.05) is 35.7 Å². The molecule has 1 aromatic carbocycles. The first kappa shape index (κ1) is 15.5. The summed E-state index contributed by atoms with van der Waals surface area (Å²) in [6.45, 7) is 5.05. The minimum absolute atomic E-state index is 0.00221. The highest BCUT2D eigenvalue weighted by Gasteiger charge is 2.30. The Kier molecular flexibility index (Phi) is 4.52. The monoisotopic (exact) mass is 320 g/mol. The van der Waals surface area contributed by atoms with Gasteiger partial charge in [-0.2, -0.15) is 0 Å². The maximum absolute atomic E-state index is 9.54. The summed E-state index contributed by atoms with van der Waals surface area (Å²) in [6.07, 6.45) is 3.89. The lowest BCUT2D eigenvalue weighted by molar-refractivity contribution is 0.0423. The number of aliphatic hydroxyl groups excluding tert-OH is 1. The van der Waals surface area contributed by atoms with Crippen LogP contribution in [0.15, 0.2) is 34.9 Å². The van der Waals surface area contributed by atoms with Crippen molar-refractivity contribution in [3.63, 3.8) is 0 Å². The molecule has 1 unspecified atom stereocenters. The molecule has 2 heterocycles. The van der Waals surface area contributed by atoms with E-state index in [1.807, 2.05) is 24.3 Å². The highest BCUT2D eigenvalue weighted by atomic mass is 35.5. The highest BCUT2D eigenvalue weighted by molar-refractivity contribution is 6.30. The van der Waals surface area contributed by atoms with Gasteiger partial charge in [0.15, 0.2) is 0 Å². The molecule has 1 N–H and O–H groups in total. The highest BCUT2D eigenvalue weighted by Crippen LogP contribution is 2.30. The van der Waals surface area contributed by atoms with Gasteiger partial charge in [-0.15, -0.1) is 0 Å². The number of piperidine rings is 1. The Morgan fingerprint density at radius 2 is 2.32 bits per heavy atom. The van der Waals surface area contributed by atoms with Gasteiger partial charge in [0.1, 0.15) is 6.26 Å². The molecule has 22 heavy (non-hydrogen) atoms. The summed E-state index contributed by atoms with van der Waals surface area (Å²) in [7, 11) is 0. The van der Waals surface area contributed by atoms with Gasteiger partial charge in [-0.25, -0.2) is 4.98 Å². The average Bonchev–Trinajstić information content (AvgIpc) is 2.96. The van der Waals surface area contributed by atoms with E-state index >= 15 is 0 Å². The molecule has 2 aromatic rings. The lowest BCUT2D eigenvalue weighted by Crippen LogP contribution is -2.43. The predicted octanol–water partition coefficient (Wildman–Crippen LogP) is 3.59. The number of benzene rings is 1. The van der Waals surface area contributed by atoms with Gasteiger partial charge >= 0.3 is 0 Å². The van der Waals surface area contributed by atoms with Crippen molar-refractivity contribution in [1.29, 1.82) is 0 Å². The molecule has 0 amide bonds. The first-order chi connectivity index (χ1) is 10.6. The molecule has 1 aliphatic rings. The molecule has 0 saturated carbocycles. The summed E-state index contributed by atoms with van der Waals surface area (Å²) < 4.78 is 5.58. The van der Waals surface area contributed by atoms with Gasteiger partial charge in [-0.3, -0.25) is 4.90 Å². The first-order valence-corrected chi connectivity index (χ1v) is 7.99. The van der Waals surface area contributed by atoms with Gasteiger partial charge in [-0.05, 0) is 37.6 Å². The number of nitrogens with zero attached hydrogens (tertiary/aromatic N) is 2. The van der Waals surface area contributed by atoms with Gasteiger partial charge in [0.2, 0.25) is 5.89 Å². The van der Waals surface area contributed by atoms with Crippen LogP contribution in [0.4, 0.5) is 0 Å². The molecule has 1 aliphatic heterocycles. The van der Waals surface area contributed by atoms with Crippen molar-refractivity contribution in [3.8, 4) is 11.5 Å². The number of rotatable bonds is 4. The van der Waals surface area contributed by atoms with Gasteiger partial charge in [0.25, 0.3) is 0 Å². The van der Waals surface area contributed by atoms with Crippen molar-refractivity contribution in [2.75, 3.05) is 19.7 Å². The standard InChI is InChI=1S/C17H21ClN2O2/c1-17(12-21)6-3-7-20(11-17)9-15-10-22-16(19-15)13-4-2-5-14(18)8-13/h2,4-5,8,10,21H,3,6-7,9,11-12H2,1H3. The van der Waals surface area contributed by atoms with E-state index in [2.05, 4.69) is 16.8 Å². The Balaban J connectivity index is 1.69. The number of aliphatic hydroxyl groups is 1. The Hall–Kier alpha value is -1.36. The predicted molar refractivity (Wildman–Crippen MR) is 86.7 cm³/mol. The summed E-state index contributed by atoms with van der Waals surface area (Å²) in [5, 5.41) is 10.2. The Labute approximate surface area is 135 Å². The van der Waals surface area contributed by atoms with Crippen molar-refractivity contribution in [3.05, 3.63) is 41.2 Å². The van der Waals surface area contributed by atoms with Gasteiger partial charge in [-0.1, -0.05) is 24.6 Å². The van der Waals surface area contributed by atoms with Crippen molar-refractivity contribution >= 4 is 11.6 Å². The van der Waals surface area contributed by atoms with E-state index in [4.69, 9.17) is 16.0 Å². The van der Waals surface area contributed by atoms with Crippen molar-refractivity contribution in [1.82, 2.24) is 9.88 Å². The third-order valence-corrected chi connectivity index (χ3v) is 4.49. The number of hydrogen-bond acceptors (Lipinski definition) is 4. The first-order valence-electron chi connectivity index (χ1n) is 7.62. The van der Waals surface area contributed by atoms with Gasteiger partial charge < -0.3 is 9.52 Å². The fraction of sp³-hybridized carbons (Fsp3) is 0.471. The molecule has 0 bridgehead atoms. The summed E-state index contributed by atoms with van der Waals surface area (Å²) >= 11 is 6.00. The lowest BCUT2D eigenvalue weighted by Gasteiger charge is -2.38. The van der Waals surface area contributed by atoms with E-state index in [0.717, 1.165) is 43.7 Å². The minimum atomic E-state index is -0.00221. The molecule has 0 aliphatic carbocycles. The largest absolute Gasteiger partial charge is 0.444 e. The number of oxazole rings is 1. The lowest BCUT2D eigenvalue weighted by atomic mass is 9.83. The second kappa shape index (κ2) is 6.41. The molecule has 5 heteroatoms. The Bertz CT molecular complexity index is 643. The van der Waals surface area contributed by atoms with Crippen LogP contribution >= 0.6 is 11.6 Å². The molecule has 1 fully saturated rings. The summed E-state index contributed by atoms with van der Waals surface area (Å²) in [5.74, 6) is 0.597. The van der Waals surface area contributed by atoms with Crippen molar-refractivity contribution < 1.29 is 9.52 Å². The normalized spacial score (nSPS) is 22.9. The van der Waals surface area contributed by atoms with Crippen LogP contribution in [0.2, 0.25) is 5.02 Å². The fourth-order valence-corrected chi connectivity index (χ4v) is 3.24. The summed E-state index contributed by atoms with van der Waals surface area (Å²) in [5.41, 5.74) is 1.80. The second-order valence-electron chi connectivity index (χ2n) is 6.44.